The minimum Gasteiger partial charge on any atom is -0.304 e. The van der Waals surface area contributed by atoms with Gasteiger partial charge in [-0.3, -0.25) is 4.57 Å². The normalized spacial score (nSPS) is 11.3. The van der Waals surface area contributed by atoms with E-state index in [1.165, 1.54) is 0 Å². The summed E-state index contributed by atoms with van der Waals surface area (Å²) in [5.41, 5.74) is 3.18. The summed E-state index contributed by atoms with van der Waals surface area (Å²) in [6, 6.07) is 3.98. The van der Waals surface area contributed by atoms with Crippen molar-refractivity contribution < 1.29 is 0 Å². The third-order valence-electron chi connectivity index (χ3n) is 3.31. The summed E-state index contributed by atoms with van der Waals surface area (Å²) >= 11 is 0. The Morgan fingerprint density at radius 2 is 2.11 bits per heavy atom. The van der Waals surface area contributed by atoms with Crippen LogP contribution >= 0.6 is 0 Å². The Hall–Kier alpha value is -1.84. The third-order valence-corrected chi connectivity index (χ3v) is 3.31. The molecule has 0 bridgehead atoms. The summed E-state index contributed by atoms with van der Waals surface area (Å²) in [4.78, 5) is 19.4. The highest BCUT2D eigenvalue weighted by molar-refractivity contribution is 5.74. The number of hydrogen-bond acceptors (Lipinski definition) is 2. The fourth-order valence-corrected chi connectivity index (χ4v) is 2.23. The Morgan fingerprint density at radius 1 is 1.44 bits per heavy atom. The molecule has 2 rings (SSSR count). The van der Waals surface area contributed by atoms with Gasteiger partial charge in [0, 0.05) is 6.04 Å². The van der Waals surface area contributed by atoms with Crippen LogP contribution in [-0.4, -0.2) is 14.5 Å². The zero-order valence-electron chi connectivity index (χ0n) is 11.2. The molecule has 0 radical (unpaired) electrons. The number of aromatic nitrogens is 3. The summed E-state index contributed by atoms with van der Waals surface area (Å²) in [5.74, 6) is 0. The van der Waals surface area contributed by atoms with Crippen molar-refractivity contribution in [1.29, 1.82) is 0 Å². The maximum Gasteiger partial charge on any atom is 0.327 e. The van der Waals surface area contributed by atoms with Crippen molar-refractivity contribution in [3.8, 4) is 0 Å². The highest BCUT2D eigenvalue weighted by Gasteiger charge is 2.15. The quantitative estimate of drug-likeness (QED) is 0.899. The van der Waals surface area contributed by atoms with Crippen LogP contribution < -0.4 is 5.69 Å². The number of nitrogens with one attached hydrogen (secondary N) is 1. The first-order chi connectivity index (χ1) is 8.58. The predicted octanol–water partition coefficient (Wildman–Crippen LogP) is 3.12. The molecule has 2 aromatic rings. The summed E-state index contributed by atoms with van der Waals surface area (Å²) in [6.45, 7) is 9.98. The van der Waals surface area contributed by atoms with E-state index in [2.05, 4.69) is 30.4 Å². The highest BCUT2D eigenvalue weighted by atomic mass is 16.1. The SMILES string of the molecule is C=C(C)c1ccc2[nH]c(=O)n(C(CC)CC)c2n1. The first-order valence-electron chi connectivity index (χ1n) is 6.35. The molecule has 0 aliphatic rings. The van der Waals surface area contributed by atoms with Gasteiger partial charge in [0.25, 0.3) is 0 Å². The maximum atomic E-state index is 12.0. The fourth-order valence-electron chi connectivity index (χ4n) is 2.23. The average Bonchev–Trinajstić information content (AvgIpc) is 2.67. The number of H-pyrrole nitrogens is 1. The Bertz CT molecular complexity index is 632. The maximum absolute atomic E-state index is 12.0. The Morgan fingerprint density at radius 3 is 2.67 bits per heavy atom. The Balaban J connectivity index is 2.71. The molecule has 0 spiro atoms. The van der Waals surface area contributed by atoms with E-state index in [1.54, 1.807) is 4.57 Å². The molecule has 2 heterocycles. The van der Waals surface area contributed by atoms with Gasteiger partial charge >= 0.3 is 5.69 Å². The van der Waals surface area contributed by atoms with Crippen LogP contribution in [-0.2, 0) is 0 Å². The lowest BCUT2D eigenvalue weighted by molar-refractivity contribution is 0.469. The van der Waals surface area contributed by atoms with Gasteiger partial charge in [0.1, 0.15) is 0 Å². The molecule has 0 saturated heterocycles. The van der Waals surface area contributed by atoms with Crippen molar-refractivity contribution in [3.05, 3.63) is 34.9 Å². The van der Waals surface area contributed by atoms with Crippen molar-refractivity contribution in [2.75, 3.05) is 0 Å². The van der Waals surface area contributed by atoms with E-state index in [1.807, 2.05) is 19.1 Å². The second-order valence-corrected chi connectivity index (χ2v) is 4.62. The van der Waals surface area contributed by atoms with E-state index in [0.717, 1.165) is 35.3 Å². The first kappa shape index (κ1) is 12.6. The molecular formula is C14H19N3O. The molecule has 0 amide bonds. The number of pyridine rings is 1. The van der Waals surface area contributed by atoms with E-state index in [9.17, 15) is 4.79 Å². The summed E-state index contributed by atoms with van der Waals surface area (Å²) in [5, 5.41) is 0. The molecular weight excluding hydrogens is 226 g/mol. The minimum absolute atomic E-state index is 0.0786. The first-order valence-corrected chi connectivity index (χ1v) is 6.35. The molecule has 0 saturated carbocycles. The van der Waals surface area contributed by atoms with Crippen molar-refractivity contribution >= 4 is 16.7 Å². The van der Waals surface area contributed by atoms with Crippen LogP contribution in [0.25, 0.3) is 16.7 Å². The van der Waals surface area contributed by atoms with Crippen molar-refractivity contribution in [2.45, 2.75) is 39.7 Å². The predicted molar refractivity (Wildman–Crippen MR) is 74.7 cm³/mol. The van der Waals surface area contributed by atoms with Gasteiger partial charge in [0.05, 0.1) is 11.2 Å². The number of rotatable bonds is 4. The molecule has 0 aliphatic carbocycles. The molecule has 4 nitrogen and oxygen atoms in total. The molecule has 96 valence electrons. The minimum atomic E-state index is -0.0786. The van der Waals surface area contributed by atoms with Crippen molar-refractivity contribution in [3.63, 3.8) is 0 Å². The van der Waals surface area contributed by atoms with Gasteiger partial charge in [-0.25, -0.2) is 9.78 Å². The molecule has 18 heavy (non-hydrogen) atoms. The van der Waals surface area contributed by atoms with Crippen LogP contribution in [0.3, 0.4) is 0 Å². The van der Waals surface area contributed by atoms with Gasteiger partial charge < -0.3 is 4.98 Å². The van der Waals surface area contributed by atoms with Crippen LogP contribution in [0, 0.1) is 0 Å². The van der Waals surface area contributed by atoms with E-state index in [0.29, 0.717) is 0 Å². The monoisotopic (exact) mass is 245 g/mol. The van der Waals surface area contributed by atoms with E-state index in [4.69, 9.17) is 0 Å². The summed E-state index contributed by atoms with van der Waals surface area (Å²) in [7, 11) is 0. The molecule has 1 N–H and O–H groups in total. The average molecular weight is 245 g/mol. The molecule has 0 aliphatic heterocycles. The lowest BCUT2D eigenvalue weighted by Crippen LogP contribution is -2.21. The van der Waals surface area contributed by atoms with Crippen LogP contribution in [0.2, 0.25) is 0 Å². The third kappa shape index (κ3) is 1.98. The van der Waals surface area contributed by atoms with Gasteiger partial charge in [0.15, 0.2) is 5.65 Å². The topological polar surface area (TPSA) is 50.7 Å². The van der Waals surface area contributed by atoms with Crippen molar-refractivity contribution in [1.82, 2.24) is 14.5 Å². The molecule has 0 aromatic carbocycles. The number of hydrogen-bond donors (Lipinski definition) is 1. The molecule has 2 aromatic heterocycles. The molecule has 4 heteroatoms. The van der Waals surface area contributed by atoms with Crippen LogP contribution in [0.1, 0.15) is 45.3 Å². The zero-order chi connectivity index (χ0) is 13.3. The van der Waals surface area contributed by atoms with Gasteiger partial charge in [0.2, 0.25) is 0 Å². The molecule has 0 atom stereocenters. The fraction of sp³-hybridized carbons (Fsp3) is 0.429. The molecule has 0 fully saturated rings. The van der Waals surface area contributed by atoms with Gasteiger partial charge in [-0.2, -0.15) is 0 Å². The number of aromatic amines is 1. The standard InChI is InChI=1S/C14H19N3O/c1-5-10(6-2)17-13-12(16-14(17)18)8-7-11(15-13)9(3)4/h7-8,10H,3,5-6H2,1-2,4H3,(H,16,18). The Labute approximate surface area is 106 Å². The molecule has 0 unspecified atom stereocenters. The second kappa shape index (κ2) is 4.80. The van der Waals surface area contributed by atoms with Gasteiger partial charge in [-0.1, -0.05) is 20.4 Å². The second-order valence-electron chi connectivity index (χ2n) is 4.62. The largest absolute Gasteiger partial charge is 0.327 e. The Kier molecular flexibility index (Phi) is 3.36. The van der Waals surface area contributed by atoms with Gasteiger partial charge in [-0.15, -0.1) is 0 Å². The van der Waals surface area contributed by atoms with Gasteiger partial charge in [-0.05, 0) is 37.5 Å². The van der Waals surface area contributed by atoms with E-state index < -0.39 is 0 Å². The zero-order valence-corrected chi connectivity index (χ0v) is 11.2. The summed E-state index contributed by atoms with van der Waals surface area (Å²) < 4.78 is 1.77. The lowest BCUT2D eigenvalue weighted by atomic mass is 10.1. The van der Waals surface area contributed by atoms with Crippen LogP contribution in [0.5, 0.6) is 0 Å². The number of imidazole rings is 1. The van der Waals surface area contributed by atoms with E-state index in [-0.39, 0.29) is 11.7 Å². The number of allylic oxidation sites excluding steroid dienone is 1. The highest BCUT2D eigenvalue weighted by Crippen LogP contribution is 2.20. The number of fused-ring (bicyclic) bond motifs is 1. The van der Waals surface area contributed by atoms with Crippen LogP contribution in [0.15, 0.2) is 23.5 Å². The van der Waals surface area contributed by atoms with Crippen molar-refractivity contribution in [2.24, 2.45) is 0 Å². The van der Waals surface area contributed by atoms with Crippen LogP contribution in [0.4, 0.5) is 0 Å². The number of nitrogens with zero attached hydrogens (tertiary/aromatic N) is 2. The summed E-state index contributed by atoms with van der Waals surface area (Å²) in [6.07, 6.45) is 1.84. The van der Waals surface area contributed by atoms with E-state index >= 15 is 0 Å². The lowest BCUT2D eigenvalue weighted by Gasteiger charge is -2.13. The smallest absolute Gasteiger partial charge is 0.304 e.